The predicted molar refractivity (Wildman–Crippen MR) is 89.5 cm³/mol. The molecule has 2 aromatic carbocycles. The molecule has 0 saturated heterocycles. The van der Waals surface area contributed by atoms with Crippen LogP contribution in [0.1, 0.15) is 5.56 Å². The van der Waals surface area contributed by atoms with Crippen LogP contribution in [0.3, 0.4) is 0 Å². The van der Waals surface area contributed by atoms with Gasteiger partial charge in [0, 0.05) is 48.6 Å². The molecule has 0 bridgehead atoms. The minimum atomic E-state index is -0.905. The van der Waals surface area contributed by atoms with Crippen LogP contribution >= 0.6 is 0 Å². The lowest BCUT2D eigenvalue weighted by molar-refractivity contribution is 0.686. The molecule has 0 N–H and O–H groups in total. The highest BCUT2D eigenvalue weighted by atomic mass is 32.2. The summed E-state index contributed by atoms with van der Waals surface area (Å²) in [6, 6.07) is 16.6. The van der Waals surface area contributed by atoms with Gasteiger partial charge in [0.15, 0.2) is 0 Å². The van der Waals surface area contributed by atoms with Gasteiger partial charge >= 0.3 is 0 Å². The molecule has 0 amide bonds. The van der Waals surface area contributed by atoms with Gasteiger partial charge in [0.25, 0.3) is 0 Å². The van der Waals surface area contributed by atoms with E-state index in [1.807, 2.05) is 12.1 Å². The second-order valence-electron chi connectivity index (χ2n) is 5.43. The smallest absolute Gasteiger partial charge is 0.0607 e. The van der Waals surface area contributed by atoms with Gasteiger partial charge in [0.1, 0.15) is 0 Å². The summed E-state index contributed by atoms with van der Waals surface area (Å²) in [5, 5.41) is 0. The van der Waals surface area contributed by atoms with Crippen LogP contribution in [-0.2, 0) is 17.3 Å². The molecule has 110 valence electrons. The molecule has 0 aliphatic carbocycles. The third-order valence-corrected chi connectivity index (χ3v) is 4.90. The molecule has 1 aliphatic heterocycles. The number of nitrogens with zero attached hydrogens (tertiary/aromatic N) is 2. The number of anilines is 2. The molecule has 0 aromatic heterocycles. The van der Waals surface area contributed by atoms with E-state index in [-0.39, 0.29) is 0 Å². The minimum absolute atomic E-state index is 0.887. The molecule has 0 saturated carbocycles. The summed E-state index contributed by atoms with van der Waals surface area (Å²) in [5.41, 5.74) is 3.83. The van der Waals surface area contributed by atoms with Crippen molar-refractivity contribution < 1.29 is 4.21 Å². The van der Waals surface area contributed by atoms with Gasteiger partial charge in [0.2, 0.25) is 0 Å². The monoisotopic (exact) mass is 300 g/mol. The maximum atomic E-state index is 11.4. The van der Waals surface area contributed by atoms with E-state index in [0.717, 1.165) is 24.5 Å². The van der Waals surface area contributed by atoms with Crippen LogP contribution in [-0.4, -0.2) is 30.6 Å². The fraction of sp³-hybridized carbons (Fsp3) is 0.294. The molecule has 0 fully saturated rings. The zero-order valence-corrected chi connectivity index (χ0v) is 13.3. The van der Waals surface area contributed by atoms with Crippen molar-refractivity contribution in [1.82, 2.24) is 0 Å². The lowest BCUT2D eigenvalue weighted by Crippen LogP contribution is -2.38. The summed E-state index contributed by atoms with van der Waals surface area (Å²) < 4.78 is 11.4. The molecule has 4 heteroatoms. The Kier molecular flexibility index (Phi) is 3.97. The molecule has 2 aromatic rings. The SMILES string of the molecule is CN1CCN(Cc2ccc(S(C)=O)cc2)c2ccccc21. The highest BCUT2D eigenvalue weighted by molar-refractivity contribution is 7.84. The predicted octanol–water partition coefficient (Wildman–Crippen LogP) is 2.88. The van der Waals surface area contributed by atoms with Crippen LogP contribution in [0.4, 0.5) is 11.4 Å². The third-order valence-electron chi connectivity index (χ3n) is 3.97. The van der Waals surface area contributed by atoms with Gasteiger partial charge < -0.3 is 9.80 Å². The minimum Gasteiger partial charge on any atom is -0.371 e. The number of hydrogen-bond acceptors (Lipinski definition) is 3. The number of para-hydroxylation sites is 2. The van der Waals surface area contributed by atoms with E-state index in [9.17, 15) is 4.21 Å². The maximum absolute atomic E-state index is 11.4. The summed E-state index contributed by atoms with van der Waals surface area (Å²) >= 11 is 0. The lowest BCUT2D eigenvalue weighted by Gasteiger charge is -2.37. The Labute approximate surface area is 128 Å². The highest BCUT2D eigenvalue weighted by Crippen LogP contribution is 2.32. The molecule has 0 spiro atoms. The van der Waals surface area contributed by atoms with Crippen molar-refractivity contribution in [3.8, 4) is 0 Å². The zero-order chi connectivity index (χ0) is 14.8. The number of hydrogen-bond donors (Lipinski definition) is 0. The molecule has 21 heavy (non-hydrogen) atoms. The van der Waals surface area contributed by atoms with E-state index in [1.165, 1.54) is 16.9 Å². The van der Waals surface area contributed by atoms with Gasteiger partial charge in [-0.05, 0) is 29.8 Å². The number of rotatable bonds is 3. The fourth-order valence-electron chi connectivity index (χ4n) is 2.74. The highest BCUT2D eigenvalue weighted by Gasteiger charge is 2.19. The van der Waals surface area contributed by atoms with Crippen LogP contribution < -0.4 is 9.80 Å². The summed E-state index contributed by atoms with van der Waals surface area (Å²) in [6.07, 6.45) is 1.71. The number of benzene rings is 2. The Morgan fingerprint density at radius 3 is 2.33 bits per heavy atom. The summed E-state index contributed by atoms with van der Waals surface area (Å²) in [4.78, 5) is 5.60. The van der Waals surface area contributed by atoms with Crippen molar-refractivity contribution in [1.29, 1.82) is 0 Å². The summed E-state index contributed by atoms with van der Waals surface area (Å²) in [5.74, 6) is 0. The van der Waals surface area contributed by atoms with Gasteiger partial charge in [-0.1, -0.05) is 24.3 Å². The number of likely N-dealkylation sites (N-methyl/N-ethyl adjacent to an activating group) is 1. The Hall–Kier alpha value is -1.81. The second kappa shape index (κ2) is 5.90. The largest absolute Gasteiger partial charge is 0.371 e. The Balaban J connectivity index is 1.82. The van der Waals surface area contributed by atoms with E-state index in [4.69, 9.17) is 0 Å². The van der Waals surface area contributed by atoms with Crippen molar-refractivity contribution >= 4 is 22.2 Å². The van der Waals surface area contributed by atoms with Crippen LogP contribution in [0.5, 0.6) is 0 Å². The Morgan fingerprint density at radius 2 is 1.67 bits per heavy atom. The average Bonchev–Trinajstić information content (AvgIpc) is 2.51. The van der Waals surface area contributed by atoms with Gasteiger partial charge in [-0.15, -0.1) is 0 Å². The zero-order valence-electron chi connectivity index (χ0n) is 12.5. The summed E-state index contributed by atoms with van der Waals surface area (Å²) in [7, 11) is 1.24. The van der Waals surface area contributed by atoms with E-state index in [2.05, 4.69) is 53.2 Å². The molecular weight excluding hydrogens is 280 g/mol. The first-order chi connectivity index (χ1) is 10.1. The molecule has 1 atom stereocenters. The molecule has 1 aliphatic rings. The molecule has 3 rings (SSSR count). The van der Waals surface area contributed by atoms with Crippen LogP contribution in [0.15, 0.2) is 53.4 Å². The second-order valence-corrected chi connectivity index (χ2v) is 6.81. The molecular formula is C17H20N2OS. The first-order valence-corrected chi connectivity index (χ1v) is 8.68. The third kappa shape index (κ3) is 2.95. The summed E-state index contributed by atoms with van der Waals surface area (Å²) in [6.45, 7) is 2.95. The maximum Gasteiger partial charge on any atom is 0.0607 e. The first kappa shape index (κ1) is 14.1. The van der Waals surface area contributed by atoms with Gasteiger partial charge in [0.05, 0.1) is 11.4 Å². The van der Waals surface area contributed by atoms with Crippen LogP contribution in [0, 0.1) is 0 Å². The lowest BCUT2D eigenvalue weighted by atomic mass is 10.1. The van der Waals surface area contributed by atoms with E-state index >= 15 is 0 Å². The normalized spacial score (nSPS) is 15.7. The van der Waals surface area contributed by atoms with Crippen molar-refractivity contribution in [2.45, 2.75) is 11.4 Å². The van der Waals surface area contributed by atoms with Gasteiger partial charge in [-0.25, -0.2) is 0 Å². The Bertz CT molecular complexity index is 654. The molecule has 1 heterocycles. The van der Waals surface area contributed by atoms with Crippen molar-refractivity contribution in [2.75, 3.05) is 36.2 Å². The van der Waals surface area contributed by atoms with Gasteiger partial charge in [-0.3, -0.25) is 4.21 Å². The van der Waals surface area contributed by atoms with Gasteiger partial charge in [-0.2, -0.15) is 0 Å². The van der Waals surface area contributed by atoms with Crippen molar-refractivity contribution in [2.24, 2.45) is 0 Å². The van der Waals surface area contributed by atoms with Crippen molar-refractivity contribution in [3.63, 3.8) is 0 Å². The van der Waals surface area contributed by atoms with E-state index in [1.54, 1.807) is 6.26 Å². The van der Waals surface area contributed by atoms with E-state index in [0.29, 0.717) is 0 Å². The fourth-order valence-corrected chi connectivity index (χ4v) is 3.26. The Morgan fingerprint density at radius 1 is 1.00 bits per heavy atom. The molecule has 1 unspecified atom stereocenters. The quantitative estimate of drug-likeness (QED) is 0.871. The first-order valence-electron chi connectivity index (χ1n) is 7.12. The van der Waals surface area contributed by atoms with Crippen LogP contribution in [0.25, 0.3) is 0 Å². The number of fused-ring (bicyclic) bond motifs is 1. The van der Waals surface area contributed by atoms with E-state index < -0.39 is 10.8 Å². The standard InChI is InChI=1S/C17H20N2OS/c1-18-11-12-19(17-6-4-3-5-16(17)18)13-14-7-9-15(10-8-14)21(2)20/h3-10H,11-13H2,1-2H3. The molecule has 3 nitrogen and oxygen atoms in total. The average molecular weight is 300 g/mol. The topological polar surface area (TPSA) is 23.6 Å². The van der Waals surface area contributed by atoms with Crippen LogP contribution in [0.2, 0.25) is 0 Å². The van der Waals surface area contributed by atoms with Crippen molar-refractivity contribution in [3.05, 3.63) is 54.1 Å². The molecule has 0 radical (unpaired) electrons.